The number of ether oxygens (including phenoxy) is 1. The molecule has 0 heterocycles. The van der Waals surface area contributed by atoms with E-state index in [9.17, 15) is 14.3 Å². The van der Waals surface area contributed by atoms with E-state index in [1.807, 2.05) is 0 Å². The van der Waals surface area contributed by atoms with Crippen LogP contribution in [0.5, 0.6) is 0 Å². The second kappa shape index (κ2) is 12.7. The molecule has 4 aliphatic carbocycles. The highest BCUT2D eigenvalue weighted by Crippen LogP contribution is 2.67. The van der Waals surface area contributed by atoms with E-state index in [1.54, 1.807) is 5.57 Å². The highest BCUT2D eigenvalue weighted by molar-refractivity contribution is 7.47. The maximum atomic E-state index is 11.7. The zero-order valence-corrected chi connectivity index (χ0v) is 25.8. The molecule has 0 aliphatic heterocycles. The second-order valence-corrected chi connectivity index (χ2v) is 15.4. The van der Waals surface area contributed by atoms with Crippen LogP contribution in [0.2, 0.25) is 0 Å². The molecule has 9 atom stereocenters. The Morgan fingerprint density at radius 3 is 2.54 bits per heavy atom. The molecule has 39 heavy (non-hydrogen) atoms. The van der Waals surface area contributed by atoms with Crippen LogP contribution in [0, 0.1) is 46.3 Å². The van der Waals surface area contributed by atoms with Crippen molar-refractivity contribution in [3.8, 4) is 0 Å². The standard InChI is InChI=1S/C31H53O7P/c1-21(2)7-6-8-22(3)26-11-12-27-25-10-9-23-19-24(36-17-18-37-39(34,35)38-20-29(32)33)13-15-30(23,4)28(25)14-16-31(26,27)5/h9,21-22,24-28H,6-8,10-20H2,1-5H3,(H,32,33)(H,34,35)/t22-,24+,25+,26-,27+,28+,30+,31-/m1/s1. The fraction of sp³-hybridized carbons (Fsp3) is 0.903. The molecule has 2 N–H and O–H groups in total. The SMILES string of the molecule is CC(C)CCC[C@@H](C)[C@H]1CC[C@H]2[C@@H]3CC=C4C[C@@H](OCCOP(=O)(O)OCC(=O)O)CC[C@]4(C)[C@H]3CC[C@]12C. The lowest BCUT2D eigenvalue weighted by Gasteiger charge is -2.58. The van der Waals surface area contributed by atoms with Gasteiger partial charge >= 0.3 is 13.8 Å². The van der Waals surface area contributed by atoms with Gasteiger partial charge in [-0.2, -0.15) is 0 Å². The third-order valence-electron chi connectivity index (χ3n) is 11.3. The molecule has 4 aliphatic rings. The van der Waals surface area contributed by atoms with Gasteiger partial charge in [-0.05, 0) is 97.7 Å². The fourth-order valence-electron chi connectivity index (χ4n) is 9.34. The molecule has 0 aromatic carbocycles. The van der Waals surface area contributed by atoms with Crippen molar-refractivity contribution < 1.29 is 33.1 Å². The van der Waals surface area contributed by atoms with Crippen molar-refractivity contribution in [2.24, 2.45) is 46.3 Å². The Hall–Kier alpha value is -0.720. The monoisotopic (exact) mass is 568 g/mol. The van der Waals surface area contributed by atoms with Crippen LogP contribution < -0.4 is 0 Å². The number of carbonyl (C=O) groups is 1. The quantitative estimate of drug-likeness (QED) is 0.134. The summed E-state index contributed by atoms with van der Waals surface area (Å²) >= 11 is 0. The lowest BCUT2D eigenvalue weighted by Crippen LogP contribution is -2.51. The minimum absolute atomic E-state index is 0.0823. The molecule has 4 rings (SSSR count). The highest BCUT2D eigenvalue weighted by Gasteiger charge is 2.59. The molecular weight excluding hydrogens is 515 g/mol. The molecule has 8 heteroatoms. The van der Waals surface area contributed by atoms with Crippen LogP contribution >= 0.6 is 7.82 Å². The summed E-state index contributed by atoms with van der Waals surface area (Å²) in [7, 11) is -4.37. The number of carboxylic acid groups (broad SMARTS) is 1. The molecule has 0 aromatic rings. The van der Waals surface area contributed by atoms with Crippen LogP contribution in [0.15, 0.2) is 11.6 Å². The largest absolute Gasteiger partial charge is 0.480 e. The Labute approximate surface area is 236 Å². The highest BCUT2D eigenvalue weighted by atomic mass is 31.2. The predicted octanol–water partition coefficient (Wildman–Crippen LogP) is 7.63. The number of hydrogen-bond donors (Lipinski definition) is 2. The summed E-state index contributed by atoms with van der Waals surface area (Å²) in [6, 6.07) is 0. The first-order valence-electron chi connectivity index (χ1n) is 15.5. The van der Waals surface area contributed by atoms with Gasteiger partial charge in [0.2, 0.25) is 0 Å². The van der Waals surface area contributed by atoms with Crippen LogP contribution in [0.4, 0.5) is 0 Å². The van der Waals surface area contributed by atoms with Crippen molar-refractivity contribution in [2.45, 2.75) is 111 Å². The first-order valence-corrected chi connectivity index (χ1v) is 17.0. The molecule has 7 nitrogen and oxygen atoms in total. The molecule has 0 aromatic heterocycles. The Balaban J connectivity index is 1.31. The number of aliphatic carboxylic acids is 1. The van der Waals surface area contributed by atoms with Gasteiger partial charge in [0, 0.05) is 0 Å². The summed E-state index contributed by atoms with van der Waals surface area (Å²) in [5, 5.41) is 8.60. The first kappa shape index (κ1) is 31.2. The summed E-state index contributed by atoms with van der Waals surface area (Å²) in [6.07, 6.45) is 16.5. The van der Waals surface area contributed by atoms with E-state index in [4.69, 9.17) is 14.4 Å². The number of phosphoric acid groups is 1. The van der Waals surface area contributed by atoms with Crippen LogP contribution in [-0.4, -0.2) is 41.9 Å². The van der Waals surface area contributed by atoms with E-state index >= 15 is 0 Å². The van der Waals surface area contributed by atoms with Gasteiger partial charge in [0.1, 0.15) is 0 Å². The van der Waals surface area contributed by atoms with E-state index < -0.39 is 20.4 Å². The lowest BCUT2D eigenvalue weighted by molar-refractivity contribution is -0.140. The van der Waals surface area contributed by atoms with Crippen molar-refractivity contribution in [1.82, 2.24) is 0 Å². The number of rotatable bonds is 13. The molecular formula is C31H53O7P. The maximum Gasteiger partial charge on any atom is 0.472 e. The van der Waals surface area contributed by atoms with Crippen LogP contribution in [0.3, 0.4) is 0 Å². The van der Waals surface area contributed by atoms with Crippen molar-refractivity contribution in [3.05, 3.63) is 11.6 Å². The maximum absolute atomic E-state index is 11.7. The average molecular weight is 569 g/mol. The second-order valence-electron chi connectivity index (χ2n) is 14.0. The van der Waals surface area contributed by atoms with Crippen molar-refractivity contribution >= 4 is 13.8 Å². The molecule has 3 fully saturated rings. The number of allylic oxidation sites excluding steroid dienone is 1. The summed E-state index contributed by atoms with van der Waals surface area (Å²) in [5.41, 5.74) is 2.31. The Morgan fingerprint density at radius 1 is 1.05 bits per heavy atom. The Morgan fingerprint density at radius 2 is 1.82 bits per heavy atom. The molecule has 0 amide bonds. The van der Waals surface area contributed by atoms with Crippen LogP contribution in [0.1, 0.15) is 105 Å². The summed E-state index contributed by atoms with van der Waals surface area (Å²) in [5.74, 6) is 3.62. The molecule has 224 valence electrons. The van der Waals surface area contributed by atoms with Gasteiger partial charge < -0.3 is 14.7 Å². The van der Waals surface area contributed by atoms with E-state index in [2.05, 4.69) is 45.2 Å². The first-order chi connectivity index (χ1) is 18.4. The lowest BCUT2D eigenvalue weighted by atomic mass is 9.47. The molecule has 3 saturated carbocycles. The third-order valence-corrected chi connectivity index (χ3v) is 12.3. The van der Waals surface area contributed by atoms with E-state index in [-0.39, 0.29) is 24.7 Å². The zero-order valence-electron chi connectivity index (χ0n) is 24.9. The number of phosphoric ester groups is 1. The number of hydrogen-bond acceptors (Lipinski definition) is 5. The molecule has 1 unspecified atom stereocenters. The van der Waals surface area contributed by atoms with E-state index in [1.165, 1.54) is 51.4 Å². The molecule has 0 spiro atoms. The van der Waals surface area contributed by atoms with Crippen molar-refractivity contribution in [1.29, 1.82) is 0 Å². The molecule has 0 radical (unpaired) electrons. The van der Waals surface area contributed by atoms with Gasteiger partial charge in [0.15, 0.2) is 6.61 Å². The Kier molecular flexibility index (Phi) is 10.1. The molecule has 0 bridgehead atoms. The van der Waals surface area contributed by atoms with Gasteiger partial charge in [-0.3, -0.25) is 9.05 Å². The molecule has 0 saturated heterocycles. The van der Waals surface area contributed by atoms with Gasteiger partial charge in [0.05, 0.1) is 19.3 Å². The van der Waals surface area contributed by atoms with Gasteiger partial charge in [-0.1, -0.05) is 65.5 Å². The number of fused-ring (bicyclic) bond motifs is 5. The van der Waals surface area contributed by atoms with Crippen LogP contribution in [0.25, 0.3) is 0 Å². The summed E-state index contributed by atoms with van der Waals surface area (Å²) in [4.78, 5) is 20.1. The number of carboxylic acids is 1. The van der Waals surface area contributed by atoms with E-state index in [0.717, 1.165) is 54.8 Å². The summed E-state index contributed by atoms with van der Waals surface area (Å²) < 4.78 is 27.1. The normalized spacial score (nSPS) is 38.3. The third kappa shape index (κ3) is 7.02. The van der Waals surface area contributed by atoms with E-state index in [0.29, 0.717) is 5.41 Å². The fourth-order valence-corrected chi connectivity index (χ4v) is 9.99. The smallest absolute Gasteiger partial charge is 0.472 e. The topological polar surface area (TPSA) is 102 Å². The summed E-state index contributed by atoms with van der Waals surface area (Å²) in [6.45, 7) is 11.6. The average Bonchev–Trinajstić information content (AvgIpc) is 3.22. The zero-order chi connectivity index (χ0) is 28.4. The van der Waals surface area contributed by atoms with Gasteiger partial charge in [0.25, 0.3) is 0 Å². The van der Waals surface area contributed by atoms with Crippen molar-refractivity contribution in [2.75, 3.05) is 19.8 Å². The minimum Gasteiger partial charge on any atom is -0.480 e. The van der Waals surface area contributed by atoms with Gasteiger partial charge in [-0.15, -0.1) is 0 Å². The minimum atomic E-state index is -4.37. The predicted molar refractivity (Wildman–Crippen MR) is 152 cm³/mol. The Bertz CT molecular complexity index is 934. The van der Waals surface area contributed by atoms with Gasteiger partial charge in [-0.25, -0.2) is 9.36 Å². The van der Waals surface area contributed by atoms with Crippen LogP contribution in [-0.2, 0) is 23.1 Å². The van der Waals surface area contributed by atoms with Crippen molar-refractivity contribution in [3.63, 3.8) is 0 Å².